The fourth-order valence-electron chi connectivity index (χ4n) is 0.948. The van der Waals surface area contributed by atoms with Gasteiger partial charge in [0.1, 0.15) is 0 Å². The molecule has 0 heterocycles. The molecular weight excluding hydrogens is 299 g/mol. The Morgan fingerprint density at radius 1 is 1.62 bits per heavy atom. The fraction of sp³-hybridized carbons (Fsp3) is 0.222. The molecule has 0 fully saturated rings. The summed E-state index contributed by atoms with van der Waals surface area (Å²) in [4.78, 5) is 11.6. The standard InChI is InChI=1S/C9H9IO2S/c1-2-13-8-5-6(10)3-4-7(8)9(11)12/h3-5H,2H2,1H3,(H,11,12). The van der Waals surface area contributed by atoms with Crippen LogP contribution in [0.4, 0.5) is 0 Å². The third kappa shape index (κ3) is 2.87. The van der Waals surface area contributed by atoms with Gasteiger partial charge in [0, 0.05) is 8.47 Å². The lowest BCUT2D eigenvalue weighted by Crippen LogP contribution is -1.98. The number of halogens is 1. The SMILES string of the molecule is CCSc1cc(I)ccc1C(=O)O. The first-order valence-corrected chi connectivity index (χ1v) is 5.87. The molecule has 0 aliphatic carbocycles. The van der Waals surface area contributed by atoms with Gasteiger partial charge in [-0.2, -0.15) is 0 Å². The maximum Gasteiger partial charge on any atom is 0.336 e. The van der Waals surface area contributed by atoms with Crippen molar-refractivity contribution in [1.82, 2.24) is 0 Å². The van der Waals surface area contributed by atoms with Crippen molar-refractivity contribution in [2.45, 2.75) is 11.8 Å². The van der Waals surface area contributed by atoms with Gasteiger partial charge in [0.05, 0.1) is 5.56 Å². The smallest absolute Gasteiger partial charge is 0.336 e. The topological polar surface area (TPSA) is 37.3 Å². The summed E-state index contributed by atoms with van der Waals surface area (Å²) in [6.07, 6.45) is 0. The third-order valence-electron chi connectivity index (χ3n) is 1.47. The average Bonchev–Trinajstić information content (AvgIpc) is 2.04. The van der Waals surface area contributed by atoms with E-state index in [1.807, 2.05) is 19.1 Å². The minimum atomic E-state index is -0.854. The maximum absolute atomic E-state index is 10.8. The van der Waals surface area contributed by atoms with Crippen LogP contribution in [-0.4, -0.2) is 16.8 Å². The number of hydrogen-bond acceptors (Lipinski definition) is 2. The van der Waals surface area contributed by atoms with Gasteiger partial charge in [0.15, 0.2) is 0 Å². The Morgan fingerprint density at radius 3 is 2.85 bits per heavy atom. The molecule has 2 nitrogen and oxygen atoms in total. The van der Waals surface area contributed by atoms with Crippen molar-refractivity contribution < 1.29 is 9.90 Å². The van der Waals surface area contributed by atoms with Crippen LogP contribution in [-0.2, 0) is 0 Å². The quantitative estimate of drug-likeness (QED) is 0.689. The zero-order valence-electron chi connectivity index (χ0n) is 7.08. The summed E-state index contributed by atoms with van der Waals surface area (Å²) in [5, 5.41) is 8.87. The average molecular weight is 308 g/mol. The number of thioether (sulfide) groups is 1. The number of rotatable bonds is 3. The molecule has 0 spiro atoms. The molecule has 0 unspecified atom stereocenters. The molecule has 1 N–H and O–H groups in total. The van der Waals surface area contributed by atoms with E-state index in [-0.39, 0.29) is 0 Å². The van der Waals surface area contributed by atoms with Crippen LogP contribution < -0.4 is 0 Å². The molecule has 1 rings (SSSR count). The molecule has 0 bridgehead atoms. The predicted molar refractivity (Wildman–Crippen MR) is 62.5 cm³/mol. The zero-order chi connectivity index (χ0) is 9.84. The number of carboxylic acids is 1. The van der Waals surface area contributed by atoms with Crippen molar-refractivity contribution in [3.8, 4) is 0 Å². The molecule has 1 aromatic carbocycles. The van der Waals surface area contributed by atoms with Crippen LogP contribution in [0.1, 0.15) is 17.3 Å². The lowest BCUT2D eigenvalue weighted by molar-refractivity contribution is 0.0693. The summed E-state index contributed by atoms with van der Waals surface area (Å²) in [5.41, 5.74) is 0.396. The summed E-state index contributed by atoms with van der Waals surface area (Å²) < 4.78 is 1.07. The molecule has 0 atom stereocenters. The van der Waals surface area contributed by atoms with E-state index in [9.17, 15) is 4.79 Å². The highest BCUT2D eigenvalue weighted by Crippen LogP contribution is 2.24. The molecule has 0 radical (unpaired) electrons. The van der Waals surface area contributed by atoms with Gasteiger partial charge in [-0.15, -0.1) is 11.8 Å². The van der Waals surface area contributed by atoms with E-state index in [2.05, 4.69) is 22.6 Å². The lowest BCUT2D eigenvalue weighted by atomic mass is 10.2. The van der Waals surface area contributed by atoms with Crippen LogP contribution in [0.2, 0.25) is 0 Å². The van der Waals surface area contributed by atoms with Gasteiger partial charge in [0.25, 0.3) is 0 Å². The molecule has 0 aliphatic rings. The summed E-state index contributed by atoms with van der Waals surface area (Å²) >= 11 is 3.74. The Morgan fingerprint density at radius 2 is 2.31 bits per heavy atom. The van der Waals surface area contributed by atoms with E-state index >= 15 is 0 Å². The van der Waals surface area contributed by atoms with Crippen molar-refractivity contribution in [3.63, 3.8) is 0 Å². The number of hydrogen-bond donors (Lipinski definition) is 1. The van der Waals surface area contributed by atoms with Crippen molar-refractivity contribution in [1.29, 1.82) is 0 Å². The number of carbonyl (C=O) groups is 1. The Balaban J connectivity index is 3.10. The van der Waals surface area contributed by atoms with Gasteiger partial charge in [0.2, 0.25) is 0 Å². The molecule has 0 aromatic heterocycles. The van der Waals surface area contributed by atoms with Gasteiger partial charge >= 0.3 is 5.97 Å². The van der Waals surface area contributed by atoms with Crippen LogP contribution in [0, 0.1) is 3.57 Å². The van der Waals surface area contributed by atoms with Gasteiger partial charge < -0.3 is 5.11 Å². The summed E-state index contributed by atoms with van der Waals surface area (Å²) in [7, 11) is 0. The first-order valence-electron chi connectivity index (χ1n) is 3.80. The molecule has 0 saturated heterocycles. The fourth-order valence-corrected chi connectivity index (χ4v) is 2.48. The van der Waals surface area contributed by atoms with E-state index < -0.39 is 5.97 Å². The highest BCUT2D eigenvalue weighted by atomic mass is 127. The van der Waals surface area contributed by atoms with Crippen LogP contribution in [0.25, 0.3) is 0 Å². The second-order valence-corrected chi connectivity index (χ2v) is 4.93. The second-order valence-electron chi connectivity index (χ2n) is 2.38. The van der Waals surface area contributed by atoms with Crippen molar-refractivity contribution in [2.24, 2.45) is 0 Å². The Labute approximate surface area is 94.9 Å². The first-order chi connectivity index (χ1) is 6.15. The van der Waals surface area contributed by atoms with E-state index in [4.69, 9.17) is 5.11 Å². The molecule has 70 valence electrons. The Kier molecular flexibility index (Phi) is 4.05. The normalized spacial score (nSPS) is 10.0. The molecular formula is C9H9IO2S. The van der Waals surface area contributed by atoms with Gasteiger partial charge in [-0.3, -0.25) is 0 Å². The zero-order valence-corrected chi connectivity index (χ0v) is 10.1. The van der Waals surface area contributed by atoms with E-state index in [0.29, 0.717) is 5.56 Å². The largest absolute Gasteiger partial charge is 0.478 e. The molecule has 4 heteroatoms. The second kappa shape index (κ2) is 4.85. The molecule has 13 heavy (non-hydrogen) atoms. The van der Waals surface area contributed by atoms with Crippen molar-refractivity contribution in [3.05, 3.63) is 27.3 Å². The Bertz CT molecular complexity index is 325. The van der Waals surface area contributed by atoms with E-state index in [1.54, 1.807) is 17.8 Å². The van der Waals surface area contributed by atoms with Crippen LogP contribution in [0.5, 0.6) is 0 Å². The van der Waals surface area contributed by atoms with Crippen LogP contribution in [0.3, 0.4) is 0 Å². The van der Waals surface area contributed by atoms with Crippen molar-refractivity contribution in [2.75, 3.05) is 5.75 Å². The van der Waals surface area contributed by atoms with E-state index in [0.717, 1.165) is 14.2 Å². The highest BCUT2D eigenvalue weighted by molar-refractivity contribution is 14.1. The Hall–Kier alpha value is -0.230. The molecule has 1 aromatic rings. The summed E-state index contributed by atoms with van der Waals surface area (Å²) in [6.45, 7) is 2.01. The van der Waals surface area contributed by atoms with Crippen LogP contribution >= 0.6 is 34.4 Å². The summed E-state index contributed by atoms with van der Waals surface area (Å²) in [6, 6.07) is 5.37. The molecule has 0 amide bonds. The predicted octanol–water partition coefficient (Wildman–Crippen LogP) is 3.10. The number of benzene rings is 1. The first kappa shape index (κ1) is 10.8. The lowest BCUT2D eigenvalue weighted by Gasteiger charge is -2.04. The molecule has 0 saturated carbocycles. The van der Waals surface area contributed by atoms with Gasteiger partial charge in [-0.25, -0.2) is 4.79 Å². The van der Waals surface area contributed by atoms with Gasteiger partial charge in [-0.1, -0.05) is 6.92 Å². The summed E-state index contributed by atoms with van der Waals surface area (Å²) in [5.74, 6) is 0.0350. The maximum atomic E-state index is 10.8. The highest BCUT2D eigenvalue weighted by Gasteiger charge is 2.09. The van der Waals surface area contributed by atoms with E-state index in [1.165, 1.54) is 0 Å². The monoisotopic (exact) mass is 308 g/mol. The minimum absolute atomic E-state index is 0.396. The number of carboxylic acid groups (broad SMARTS) is 1. The minimum Gasteiger partial charge on any atom is -0.478 e. The van der Waals surface area contributed by atoms with Crippen molar-refractivity contribution >= 4 is 40.3 Å². The third-order valence-corrected chi connectivity index (χ3v) is 3.08. The van der Waals surface area contributed by atoms with Crippen LogP contribution in [0.15, 0.2) is 23.1 Å². The number of aromatic carboxylic acids is 1. The molecule has 0 aliphatic heterocycles. The van der Waals surface area contributed by atoms with Gasteiger partial charge in [-0.05, 0) is 46.5 Å².